The highest BCUT2D eigenvalue weighted by molar-refractivity contribution is 5.92. The molecule has 3 aromatic rings. The third-order valence-electron chi connectivity index (χ3n) is 3.77. The number of amides is 2. The fourth-order valence-corrected chi connectivity index (χ4v) is 2.48. The molecule has 2 aromatic heterocycles. The Morgan fingerprint density at radius 1 is 1.16 bits per heavy atom. The predicted molar refractivity (Wildman–Crippen MR) is 97.3 cm³/mol. The lowest BCUT2D eigenvalue weighted by atomic mass is 10.2. The number of carbonyl (C=O) groups is 1. The van der Waals surface area contributed by atoms with Gasteiger partial charge in [-0.05, 0) is 24.3 Å². The minimum atomic E-state index is -0.209. The minimum absolute atomic E-state index is 0.209. The number of aromatic nitrogens is 2. The van der Waals surface area contributed by atoms with Gasteiger partial charge in [0.25, 0.3) is 0 Å². The molecule has 0 aliphatic carbocycles. The van der Waals surface area contributed by atoms with Crippen molar-refractivity contribution in [3.8, 4) is 0 Å². The fraction of sp³-hybridized carbons (Fsp3) is 0.211. The van der Waals surface area contributed by atoms with E-state index in [0.29, 0.717) is 25.4 Å². The second kappa shape index (κ2) is 8.21. The number of nitrogens with one attached hydrogen (secondary N) is 1. The molecule has 0 saturated carbocycles. The van der Waals surface area contributed by atoms with Gasteiger partial charge in [-0.15, -0.1) is 0 Å². The molecule has 1 aromatic carbocycles. The highest BCUT2D eigenvalue weighted by Gasteiger charge is 2.15. The lowest BCUT2D eigenvalue weighted by Crippen LogP contribution is -2.37. The van der Waals surface area contributed by atoms with E-state index in [-0.39, 0.29) is 6.03 Å². The van der Waals surface area contributed by atoms with E-state index in [1.165, 1.54) is 0 Å². The van der Waals surface area contributed by atoms with Crippen molar-refractivity contribution < 1.29 is 9.53 Å². The Kier molecular flexibility index (Phi) is 5.53. The molecule has 0 spiro atoms. The first-order valence-corrected chi connectivity index (χ1v) is 8.06. The molecule has 3 rings (SSSR count). The first-order chi connectivity index (χ1) is 12.3. The number of pyridine rings is 2. The van der Waals surface area contributed by atoms with Crippen molar-refractivity contribution in [2.24, 2.45) is 0 Å². The van der Waals surface area contributed by atoms with Crippen LogP contribution in [0, 0.1) is 0 Å². The van der Waals surface area contributed by atoms with Gasteiger partial charge in [-0.3, -0.25) is 9.97 Å². The first-order valence-electron chi connectivity index (χ1n) is 8.06. The second-order valence-electron chi connectivity index (χ2n) is 5.58. The summed E-state index contributed by atoms with van der Waals surface area (Å²) < 4.78 is 5.11. The maximum Gasteiger partial charge on any atom is 0.322 e. The van der Waals surface area contributed by atoms with E-state index in [4.69, 9.17) is 4.74 Å². The number of nitrogens with zero attached hydrogens (tertiary/aromatic N) is 3. The van der Waals surface area contributed by atoms with E-state index in [2.05, 4.69) is 15.3 Å². The summed E-state index contributed by atoms with van der Waals surface area (Å²) in [6, 6.07) is 15.1. The number of methoxy groups -OCH3 is 1. The van der Waals surface area contributed by atoms with Crippen LogP contribution in [0.2, 0.25) is 0 Å². The molecular formula is C19H20N4O2. The summed E-state index contributed by atoms with van der Waals surface area (Å²) in [5.74, 6) is 0. The fourth-order valence-electron chi connectivity index (χ4n) is 2.48. The number of hydrogen-bond acceptors (Lipinski definition) is 4. The molecule has 6 nitrogen and oxygen atoms in total. The van der Waals surface area contributed by atoms with Crippen LogP contribution in [-0.2, 0) is 11.3 Å². The molecule has 0 radical (unpaired) electrons. The predicted octanol–water partition coefficient (Wildman–Crippen LogP) is 3.31. The van der Waals surface area contributed by atoms with Gasteiger partial charge in [0, 0.05) is 25.2 Å². The van der Waals surface area contributed by atoms with Gasteiger partial charge in [-0.2, -0.15) is 0 Å². The summed E-state index contributed by atoms with van der Waals surface area (Å²) in [4.78, 5) is 23.0. The van der Waals surface area contributed by atoms with Crippen LogP contribution in [0.5, 0.6) is 0 Å². The number of hydrogen-bond donors (Lipinski definition) is 1. The highest BCUT2D eigenvalue weighted by Crippen LogP contribution is 2.16. The van der Waals surface area contributed by atoms with E-state index >= 15 is 0 Å². The van der Waals surface area contributed by atoms with E-state index in [1.807, 2.05) is 48.5 Å². The van der Waals surface area contributed by atoms with Crippen molar-refractivity contribution >= 4 is 22.6 Å². The van der Waals surface area contributed by atoms with Crippen LogP contribution in [0.1, 0.15) is 5.69 Å². The maximum atomic E-state index is 12.7. The van der Waals surface area contributed by atoms with Crippen LogP contribution >= 0.6 is 0 Å². The largest absolute Gasteiger partial charge is 0.383 e. The molecule has 0 fully saturated rings. The summed E-state index contributed by atoms with van der Waals surface area (Å²) in [5.41, 5.74) is 2.38. The quantitative estimate of drug-likeness (QED) is 0.750. The number of carbonyl (C=O) groups excluding carboxylic acids is 1. The Labute approximate surface area is 146 Å². The molecule has 0 bridgehead atoms. The number of anilines is 1. The molecule has 0 aliphatic heterocycles. The summed E-state index contributed by atoms with van der Waals surface area (Å²) in [7, 11) is 1.62. The highest BCUT2D eigenvalue weighted by atomic mass is 16.5. The Bertz CT molecular complexity index is 839. The van der Waals surface area contributed by atoms with Gasteiger partial charge in [0.1, 0.15) is 0 Å². The molecule has 1 N–H and O–H groups in total. The normalized spacial score (nSPS) is 10.6. The van der Waals surface area contributed by atoms with E-state index in [1.54, 1.807) is 24.4 Å². The zero-order valence-corrected chi connectivity index (χ0v) is 14.1. The third kappa shape index (κ3) is 4.51. The number of benzene rings is 1. The third-order valence-corrected chi connectivity index (χ3v) is 3.77. The molecule has 0 atom stereocenters. The maximum absolute atomic E-state index is 12.7. The lowest BCUT2D eigenvalue weighted by molar-refractivity contribution is 0.152. The Balaban J connectivity index is 1.73. The van der Waals surface area contributed by atoms with Gasteiger partial charge in [0.05, 0.1) is 36.2 Å². The Morgan fingerprint density at radius 3 is 2.80 bits per heavy atom. The van der Waals surface area contributed by atoms with Gasteiger partial charge >= 0.3 is 6.03 Å². The minimum Gasteiger partial charge on any atom is -0.383 e. The molecule has 2 amide bonds. The Morgan fingerprint density at radius 2 is 2.00 bits per heavy atom. The molecule has 25 heavy (non-hydrogen) atoms. The van der Waals surface area contributed by atoms with Gasteiger partial charge in [0.2, 0.25) is 0 Å². The smallest absolute Gasteiger partial charge is 0.322 e. The summed E-state index contributed by atoms with van der Waals surface area (Å²) in [6.07, 6.45) is 3.38. The number of ether oxygens (including phenoxy) is 1. The summed E-state index contributed by atoms with van der Waals surface area (Å²) >= 11 is 0. The van der Waals surface area contributed by atoms with Crippen LogP contribution < -0.4 is 5.32 Å². The molecule has 2 heterocycles. The van der Waals surface area contributed by atoms with Gasteiger partial charge < -0.3 is 15.0 Å². The van der Waals surface area contributed by atoms with Gasteiger partial charge in [-0.25, -0.2) is 4.79 Å². The standard InChI is InChI=1S/C19H20N4O2/c1-25-11-10-23(14-16-7-4-5-9-20-16)19(24)22-17-12-15-6-2-3-8-18(15)21-13-17/h2-9,12-13H,10-11,14H2,1H3,(H,22,24). The van der Waals surface area contributed by atoms with E-state index in [9.17, 15) is 4.79 Å². The van der Waals surface area contributed by atoms with Crippen molar-refractivity contribution in [2.75, 3.05) is 25.6 Å². The monoisotopic (exact) mass is 336 g/mol. The lowest BCUT2D eigenvalue weighted by Gasteiger charge is -2.22. The van der Waals surface area contributed by atoms with Gasteiger partial charge in [-0.1, -0.05) is 24.3 Å². The van der Waals surface area contributed by atoms with Gasteiger partial charge in [0.15, 0.2) is 0 Å². The molecule has 6 heteroatoms. The van der Waals surface area contributed by atoms with Crippen molar-refractivity contribution in [1.82, 2.24) is 14.9 Å². The van der Waals surface area contributed by atoms with Crippen molar-refractivity contribution in [3.63, 3.8) is 0 Å². The van der Waals surface area contributed by atoms with Crippen LogP contribution in [0.15, 0.2) is 60.9 Å². The van der Waals surface area contributed by atoms with Crippen LogP contribution in [0.25, 0.3) is 10.9 Å². The van der Waals surface area contributed by atoms with Crippen LogP contribution in [0.4, 0.5) is 10.5 Å². The first kappa shape index (κ1) is 16.9. The molecule has 128 valence electrons. The number of para-hydroxylation sites is 1. The summed E-state index contributed by atoms with van der Waals surface area (Å²) in [6.45, 7) is 1.34. The topological polar surface area (TPSA) is 67.3 Å². The molecule has 0 unspecified atom stereocenters. The zero-order valence-electron chi connectivity index (χ0n) is 14.1. The SMILES string of the molecule is COCCN(Cc1ccccn1)C(=O)Nc1cnc2ccccc2c1. The van der Waals surface area contributed by atoms with Crippen LogP contribution in [0.3, 0.4) is 0 Å². The van der Waals surface area contributed by atoms with E-state index in [0.717, 1.165) is 16.6 Å². The molecule has 0 saturated heterocycles. The zero-order chi connectivity index (χ0) is 17.5. The number of fused-ring (bicyclic) bond motifs is 1. The average molecular weight is 336 g/mol. The van der Waals surface area contributed by atoms with Crippen molar-refractivity contribution in [1.29, 1.82) is 0 Å². The van der Waals surface area contributed by atoms with Crippen molar-refractivity contribution in [3.05, 3.63) is 66.6 Å². The second-order valence-corrected chi connectivity index (χ2v) is 5.58. The van der Waals surface area contributed by atoms with Crippen molar-refractivity contribution in [2.45, 2.75) is 6.54 Å². The van der Waals surface area contributed by atoms with E-state index < -0.39 is 0 Å². The number of urea groups is 1. The Hall–Kier alpha value is -2.99. The number of rotatable bonds is 6. The molecule has 0 aliphatic rings. The molecular weight excluding hydrogens is 316 g/mol. The summed E-state index contributed by atoms with van der Waals surface area (Å²) in [5, 5.41) is 3.88. The van der Waals surface area contributed by atoms with Crippen LogP contribution in [-0.4, -0.2) is 41.2 Å². The average Bonchev–Trinajstić information content (AvgIpc) is 2.65.